The van der Waals surface area contributed by atoms with Crippen LogP contribution in [0.3, 0.4) is 0 Å². The van der Waals surface area contributed by atoms with Gasteiger partial charge < -0.3 is 19.6 Å². The van der Waals surface area contributed by atoms with Crippen LogP contribution < -0.4 is 0 Å². The summed E-state index contributed by atoms with van der Waals surface area (Å²) in [5.74, 6) is -0.334. The third-order valence-corrected chi connectivity index (χ3v) is 11.3. The molecule has 0 saturated carbocycles. The van der Waals surface area contributed by atoms with Crippen LogP contribution in [0.25, 0.3) is 0 Å². The molecule has 0 unspecified atom stereocenters. The number of allylic oxidation sites excluding steroid dienone is 1. The Hall–Kier alpha value is -2.59. The number of hydrogen-bond donors (Lipinski definition) is 0. The van der Waals surface area contributed by atoms with Gasteiger partial charge in [-0.2, -0.15) is 0 Å². The van der Waals surface area contributed by atoms with Gasteiger partial charge >= 0.3 is 0 Å². The number of fused-ring (bicyclic) bond motifs is 1. The molecular formula is C34H40Cl2FN5O2S. The Morgan fingerprint density at radius 3 is 2.22 bits per heavy atom. The smallest absolute Gasteiger partial charge is 0.263 e. The van der Waals surface area contributed by atoms with Crippen LogP contribution in [0, 0.1) is 5.92 Å². The fourth-order valence-corrected chi connectivity index (χ4v) is 8.98. The first-order valence-electron chi connectivity index (χ1n) is 15.6. The maximum Gasteiger partial charge on any atom is 0.263 e. The van der Waals surface area contributed by atoms with Gasteiger partial charge in [-0.15, -0.1) is 0 Å². The van der Waals surface area contributed by atoms with E-state index in [1.165, 1.54) is 11.8 Å². The molecule has 4 aliphatic heterocycles. The highest BCUT2D eigenvalue weighted by Crippen LogP contribution is 2.56. The minimum Gasteiger partial charge on any atom is -0.336 e. The largest absolute Gasteiger partial charge is 0.336 e. The first-order chi connectivity index (χ1) is 21.3. The van der Waals surface area contributed by atoms with Gasteiger partial charge in [0.15, 0.2) is 5.17 Å². The lowest BCUT2D eigenvalue weighted by Gasteiger charge is -2.37. The Balaban J connectivity index is 1.37. The number of carbonyl (C=O) groups excluding carboxylic acids is 2. The maximum absolute atomic E-state index is 14.8. The summed E-state index contributed by atoms with van der Waals surface area (Å²) in [6, 6.07) is 14.3. The van der Waals surface area contributed by atoms with Gasteiger partial charge in [0.1, 0.15) is 22.7 Å². The molecule has 0 bridgehead atoms. The van der Waals surface area contributed by atoms with Gasteiger partial charge in [0, 0.05) is 28.3 Å². The number of alkyl halides is 1. The second-order valence-corrected chi connectivity index (χ2v) is 15.1. The molecule has 0 radical (unpaired) electrons. The van der Waals surface area contributed by atoms with Crippen LogP contribution in [-0.4, -0.2) is 88.1 Å². The molecule has 2 fully saturated rings. The van der Waals surface area contributed by atoms with E-state index in [4.69, 9.17) is 28.2 Å². The lowest BCUT2D eigenvalue weighted by molar-refractivity contribution is -0.142. The van der Waals surface area contributed by atoms with Crippen LogP contribution in [0.4, 0.5) is 4.39 Å². The minimum absolute atomic E-state index is 0.00898. The fourth-order valence-electron chi connectivity index (χ4n) is 7.37. The van der Waals surface area contributed by atoms with E-state index in [0.717, 1.165) is 22.0 Å². The van der Waals surface area contributed by atoms with Crippen LogP contribution in [0.2, 0.25) is 10.0 Å². The number of benzene rings is 2. The van der Waals surface area contributed by atoms with Crippen LogP contribution in [0.5, 0.6) is 0 Å². The molecule has 2 amide bonds. The first kappa shape index (κ1) is 32.4. The topological polar surface area (TPSA) is 59.5 Å². The number of halogens is 3. The molecule has 0 aliphatic carbocycles. The SMILES string of the molecule is CC(C)C1=C(C(=O)N2[C@H](C)CC[C@@H]2C(=O)N2C[C@H](F)[C@@H](N(C)C)C2)SC2=N[C@@](C)(c3ccc(Cl)cc3)[C@@H](c3ccc(Cl)cc3)N21. The number of likely N-dealkylation sites (N-methyl/N-ethyl adjacent to an activating group) is 1. The Morgan fingerprint density at radius 2 is 1.64 bits per heavy atom. The number of likely N-dealkylation sites (tertiary alicyclic amines) is 2. The monoisotopic (exact) mass is 671 g/mol. The molecule has 6 rings (SSSR count). The predicted molar refractivity (Wildman–Crippen MR) is 180 cm³/mol. The number of amides is 2. The van der Waals surface area contributed by atoms with Crippen molar-refractivity contribution in [1.82, 2.24) is 19.6 Å². The zero-order valence-electron chi connectivity index (χ0n) is 26.5. The summed E-state index contributed by atoms with van der Waals surface area (Å²) in [6.45, 7) is 8.67. The van der Waals surface area contributed by atoms with Crippen molar-refractivity contribution < 1.29 is 14.0 Å². The van der Waals surface area contributed by atoms with E-state index < -0.39 is 17.8 Å². The molecule has 2 aromatic carbocycles. The summed E-state index contributed by atoms with van der Waals surface area (Å²) in [7, 11) is 3.67. The van der Waals surface area contributed by atoms with Gasteiger partial charge in [-0.3, -0.25) is 9.59 Å². The van der Waals surface area contributed by atoms with Crippen molar-refractivity contribution in [3.05, 3.63) is 80.3 Å². The van der Waals surface area contributed by atoms with Crippen molar-refractivity contribution in [3.63, 3.8) is 0 Å². The van der Waals surface area contributed by atoms with Gasteiger partial charge in [-0.25, -0.2) is 9.38 Å². The molecule has 4 aliphatic rings. The van der Waals surface area contributed by atoms with Crippen molar-refractivity contribution in [3.8, 4) is 0 Å². The van der Waals surface area contributed by atoms with Crippen molar-refractivity contribution >= 4 is 51.9 Å². The molecule has 7 nitrogen and oxygen atoms in total. The molecule has 0 aromatic heterocycles. The molecular weight excluding hydrogens is 632 g/mol. The van der Waals surface area contributed by atoms with Gasteiger partial charge in [0.2, 0.25) is 5.91 Å². The van der Waals surface area contributed by atoms with E-state index in [0.29, 0.717) is 34.3 Å². The second kappa shape index (κ2) is 12.2. The van der Waals surface area contributed by atoms with E-state index >= 15 is 0 Å². The van der Waals surface area contributed by atoms with Crippen LogP contribution in [0.15, 0.2) is 64.1 Å². The number of hydrogen-bond acceptors (Lipinski definition) is 6. The maximum atomic E-state index is 14.8. The summed E-state index contributed by atoms with van der Waals surface area (Å²) in [6.07, 6.45) is 0.166. The molecule has 2 aromatic rings. The lowest BCUT2D eigenvalue weighted by atomic mass is 9.81. The van der Waals surface area contributed by atoms with Crippen molar-refractivity contribution in [2.24, 2.45) is 10.9 Å². The average molecular weight is 673 g/mol. The third-order valence-electron chi connectivity index (χ3n) is 9.75. The predicted octanol–water partition coefficient (Wildman–Crippen LogP) is 6.73. The minimum atomic E-state index is -1.11. The Bertz CT molecular complexity index is 1550. The molecule has 45 heavy (non-hydrogen) atoms. The molecule has 4 heterocycles. The van der Waals surface area contributed by atoms with Gasteiger partial charge in [-0.1, -0.05) is 61.3 Å². The molecule has 0 spiro atoms. The van der Waals surface area contributed by atoms with Gasteiger partial charge in [0.05, 0.1) is 18.6 Å². The Morgan fingerprint density at radius 1 is 1.02 bits per heavy atom. The van der Waals surface area contributed by atoms with Crippen LogP contribution in [-0.2, 0) is 15.1 Å². The molecule has 0 N–H and O–H groups in total. The summed E-state index contributed by atoms with van der Waals surface area (Å²) >= 11 is 14.0. The number of rotatable bonds is 6. The van der Waals surface area contributed by atoms with Crippen molar-refractivity contribution in [2.75, 3.05) is 27.2 Å². The zero-order valence-corrected chi connectivity index (χ0v) is 28.8. The zero-order chi connectivity index (χ0) is 32.4. The summed E-state index contributed by atoms with van der Waals surface area (Å²) in [5.41, 5.74) is 2.26. The average Bonchev–Trinajstić information content (AvgIpc) is 3.74. The number of nitrogens with zero attached hydrogens (tertiary/aromatic N) is 5. The van der Waals surface area contributed by atoms with E-state index in [1.807, 2.05) is 74.4 Å². The number of amidine groups is 1. The van der Waals surface area contributed by atoms with E-state index in [1.54, 1.807) is 9.80 Å². The quantitative estimate of drug-likeness (QED) is 0.341. The number of aliphatic imine (C=N–C) groups is 1. The summed E-state index contributed by atoms with van der Waals surface area (Å²) in [5, 5.41) is 2.05. The Kier molecular flexibility index (Phi) is 8.78. The number of carbonyl (C=O) groups is 2. The van der Waals surface area contributed by atoms with Crippen LogP contribution >= 0.6 is 35.0 Å². The molecule has 240 valence electrons. The highest BCUT2D eigenvalue weighted by molar-refractivity contribution is 8.18. The first-order valence-corrected chi connectivity index (χ1v) is 17.1. The highest BCUT2D eigenvalue weighted by Gasteiger charge is 2.54. The van der Waals surface area contributed by atoms with E-state index in [9.17, 15) is 14.0 Å². The second-order valence-electron chi connectivity index (χ2n) is 13.3. The molecule has 2 saturated heterocycles. The van der Waals surface area contributed by atoms with E-state index in [-0.39, 0.29) is 42.4 Å². The molecule has 6 atom stereocenters. The standard InChI is InChI=1S/C34H40Cl2FN5O2S/c1-19(2)28-29(32(44)41-20(3)7-16-26(41)31(43)40-17-25(37)27(18-40)39(5)6)45-33-38-34(4,22-10-14-24(36)15-11-22)30(42(28)33)21-8-12-23(35)13-9-21/h8-15,19-20,25-27,30H,7,16-18H2,1-6H3/t20-,25+,26-,27+,30-,34+/m1/s1. The summed E-state index contributed by atoms with van der Waals surface area (Å²) < 4.78 is 14.8. The highest BCUT2D eigenvalue weighted by atomic mass is 35.5. The van der Waals surface area contributed by atoms with Crippen molar-refractivity contribution in [2.45, 2.75) is 76.4 Å². The Labute approximate surface area is 279 Å². The fraction of sp³-hybridized carbons (Fsp3) is 0.500. The lowest BCUT2D eigenvalue weighted by Crippen LogP contribution is -2.50. The van der Waals surface area contributed by atoms with Crippen molar-refractivity contribution in [1.29, 1.82) is 0 Å². The van der Waals surface area contributed by atoms with Gasteiger partial charge in [0.25, 0.3) is 5.91 Å². The van der Waals surface area contributed by atoms with Gasteiger partial charge in [-0.05, 0) is 93.9 Å². The number of thioether (sulfide) groups is 1. The normalized spacial score (nSPS) is 29.8. The van der Waals surface area contributed by atoms with Crippen LogP contribution in [0.1, 0.15) is 57.7 Å². The van der Waals surface area contributed by atoms with E-state index in [2.05, 4.69) is 25.7 Å². The summed E-state index contributed by atoms with van der Waals surface area (Å²) in [4.78, 5) is 41.8. The molecule has 11 heteroatoms. The third kappa shape index (κ3) is 5.57.